The molecule has 1 aromatic carbocycles. The van der Waals surface area contributed by atoms with Crippen molar-refractivity contribution in [2.24, 2.45) is 17.8 Å². The van der Waals surface area contributed by atoms with Crippen molar-refractivity contribution in [1.82, 2.24) is 20.4 Å². The average molecular weight is 498 g/mol. The summed E-state index contributed by atoms with van der Waals surface area (Å²) in [6.45, 7) is 8.28. The van der Waals surface area contributed by atoms with E-state index in [4.69, 9.17) is 0 Å². The number of hydrogen-bond donors (Lipinski definition) is 3. The zero-order valence-corrected chi connectivity index (χ0v) is 21.4. The molecule has 3 N–H and O–H groups in total. The number of nitrogens with zero attached hydrogens (tertiary/aromatic N) is 2. The molecule has 2 aromatic rings. The molecule has 2 unspecified atom stereocenters. The second-order valence-electron chi connectivity index (χ2n) is 10.0. The normalized spacial score (nSPS) is 16.9. The number of amides is 3. The number of anilines is 1. The molecule has 9 heteroatoms. The smallest absolute Gasteiger partial charge is 0.270 e. The van der Waals surface area contributed by atoms with Crippen LogP contribution in [0.15, 0.2) is 24.4 Å². The molecule has 0 saturated heterocycles. The number of rotatable bonds is 11. The van der Waals surface area contributed by atoms with Gasteiger partial charge in [-0.1, -0.05) is 0 Å². The van der Waals surface area contributed by atoms with Crippen LogP contribution in [-0.2, 0) is 16.1 Å². The molecule has 0 aliphatic heterocycles. The number of aryl methyl sites for hydroxylation is 2. The second-order valence-corrected chi connectivity index (χ2v) is 10.0. The fourth-order valence-electron chi connectivity index (χ4n) is 5.16. The lowest BCUT2D eigenvalue weighted by Crippen LogP contribution is -2.50. The first kappa shape index (κ1) is 25.9. The number of hydrogen-bond acceptors (Lipinski definition) is 4. The van der Waals surface area contributed by atoms with Crippen molar-refractivity contribution in [3.05, 3.63) is 47.0 Å². The highest BCUT2D eigenvalue weighted by Crippen LogP contribution is 2.51. The molecule has 1 heterocycles. The van der Waals surface area contributed by atoms with Gasteiger partial charge in [0.2, 0.25) is 11.8 Å². The maximum Gasteiger partial charge on any atom is 0.270 e. The van der Waals surface area contributed by atoms with E-state index in [1.807, 2.05) is 13.8 Å². The van der Waals surface area contributed by atoms with E-state index >= 15 is 4.39 Å². The van der Waals surface area contributed by atoms with Gasteiger partial charge in [-0.2, -0.15) is 5.10 Å². The third kappa shape index (κ3) is 5.60. The molecule has 4 rings (SSSR count). The fourth-order valence-corrected chi connectivity index (χ4v) is 5.16. The molecular weight excluding hydrogens is 461 g/mol. The number of halogens is 1. The summed E-state index contributed by atoms with van der Waals surface area (Å²) in [6.07, 6.45) is 5.70. The standard InChI is InChI=1S/C27H36FN5O3/c1-5-29-25(34)16(4)19-14-20(28)21(13-15(19)3)31-27(36)24(23(17-7-8-17)18-9-10-18)32-26(35)22-11-12-30-33(22)6-2/h11-14,16-18,23-24H,5-10H2,1-4H3,(H,29,34)(H,31,36)(H,32,35). The lowest BCUT2D eigenvalue weighted by Gasteiger charge is -2.28. The zero-order valence-electron chi connectivity index (χ0n) is 21.4. The van der Waals surface area contributed by atoms with Crippen LogP contribution in [-0.4, -0.2) is 40.1 Å². The lowest BCUT2D eigenvalue weighted by atomic mass is 9.88. The lowest BCUT2D eigenvalue weighted by molar-refractivity contribution is -0.122. The predicted molar refractivity (Wildman–Crippen MR) is 135 cm³/mol. The van der Waals surface area contributed by atoms with Crippen LogP contribution in [0.2, 0.25) is 0 Å². The third-order valence-corrected chi connectivity index (χ3v) is 7.36. The van der Waals surface area contributed by atoms with Crippen LogP contribution < -0.4 is 16.0 Å². The summed E-state index contributed by atoms with van der Waals surface area (Å²) in [5.74, 6) is -1.29. The van der Waals surface area contributed by atoms with Gasteiger partial charge >= 0.3 is 0 Å². The van der Waals surface area contributed by atoms with Crippen LogP contribution in [0.25, 0.3) is 0 Å². The molecule has 0 radical (unpaired) electrons. The monoisotopic (exact) mass is 497 g/mol. The molecule has 2 aliphatic carbocycles. The van der Waals surface area contributed by atoms with Gasteiger partial charge in [-0.3, -0.25) is 19.1 Å². The molecule has 2 atom stereocenters. The van der Waals surface area contributed by atoms with Crippen LogP contribution in [0.4, 0.5) is 10.1 Å². The molecule has 194 valence electrons. The Hall–Kier alpha value is -3.23. The van der Waals surface area contributed by atoms with Gasteiger partial charge in [0.1, 0.15) is 17.6 Å². The van der Waals surface area contributed by atoms with Gasteiger partial charge in [-0.15, -0.1) is 0 Å². The minimum absolute atomic E-state index is 0.0214. The number of carbonyl (C=O) groups excluding carboxylic acids is 3. The molecule has 2 fully saturated rings. The van der Waals surface area contributed by atoms with Gasteiger partial charge < -0.3 is 16.0 Å². The van der Waals surface area contributed by atoms with Crippen LogP contribution in [0, 0.1) is 30.5 Å². The summed E-state index contributed by atoms with van der Waals surface area (Å²) in [5.41, 5.74) is 1.72. The number of nitrogens with one attached hydrogen (secondary N) is 3. The van der Waals surface area contributed by atoms with Crippen LogP contribution in [0.3, 0.4) is 0 Å². The van der Waals surface area contributed by atoms with Gasteiger partial charge in [0.15, 0.2) is 0 Å². The topological polar surface area (TPSA) is 105 Å². The van der Waals surface area contributed by atoms with E-state index in [0.717, 1.165) is 25.7 Å². The first-order chi connectivity index (χ1) is 17.2. The predicted octanol–water partition coefficient (Wildman–Crippen LogP) is 3.76. The summed E-state index contributed by atoms with van der Waals surface area (Å²) >= 11 is 0. The maximum atomic E-state index is 15.1. The Kier molecular flexibility index (Phi) is 7.76. The highest BCUT2D eigenvalue weighted by molar-refractivity contribution is 6.01. The van der Waals surface area contributed by atoms with E-state index in [1.165, 1.54) is 6.07 Å². The van der Waals surface area contributed by atoms with E-state index in [-0.39, 0.29) is 23.4 Å². The minimum Gasteiger partial charge on any atom is -0.356 e. The number of aromatic nitrogens is 2. The van der Waals surface area contributed by atoms with Gasteiger partial charge in [0, 0.05) is 19.3 Å². The average Bonchev–Trinajstić information content (AvgIpc) is 3.79. The van der Waals surface area contributed by atoms with E-state index < -0.39 is 23.7 Å². The number of carbonyl (C=O) groups is 3. The summed E-state index contributed by atoms with van der Waals surface area (Å²) in [5, 5.41) is 12.6. The molecule has 2 saturated carbocycles. The first-order valence-electron chi connectivity index (χ1n) is 13.0. The molecule has 36 heavy (non-hydrogen) atoms. The highest BCUT2D eigenvalue weighted by atomic mass is 19.1. The second kappa shape index (κ2) is 10.8. The SMILES string of the molecule is CCNC(=O)C(C)c1cc(F)c(NC(=O)C(NC(=O)c2ccnn2CC)C(C2CC2)C2CC2)cc1C. The molecule has 0 spiro atoms. The minimum atomic E-state index is -0.772. The Morgan fingerprint density at radius 3 is 2.36 bits per heavy atom. The van der Waals surface area contributed by atoms with Crippen LogP contribution in [0.5, 0.6) is 0 Å². The Balaban J connectivity index is 1.57. The fraction of sp³-hybridized carbons (Fsp3) is 0.556. The van der Waals surface area contributed by atoms with E-state index in [2.05, 4.69) is 21.0 Å². The largest absolute Gasteiger partial charge is 0.356 e. The van der Waals surface area contributed by atoms with Gasteiger partial charge in [0.25, 0.3) is 5.91 Å². The van der Waals surface area contributed by atoms with E-state index in [1.54, 1.807) is 36.9 Å². The van der Waals surface area contributed by atoms with Crippen molar-refractivity contribution in [2.45, 2.75) is 71.9 Å². The van der Waals surface area contributed by atoms with Gasteiger partial charge in [-0.25, -0.2) is 4.39 Å². The third-order valence-electron chi connectivity index (χ3n) is 7.36. The van der Waals surface area contributed by atoms with Gasteiger partial charge in [0.05, 0.1) is 11.6 Å². The van der Waals surface area contributed by atoms with Crippen molar-refractivity contribution in [2.75, 3.05) is 11.9 Å². The zero-order chi connectivity index (χ0) is 26.0. The highest BCUT2D eigenvalue weighted by Gasteiger charge is 2.48. The molecule has 3 amide bonds. The number of benzene rings is 1. The molecule has 2 aliphatic rings. The Labute approximate surface area is 211 Å². The van der Waals surface area contributed by atoms with E-state index in [0.29, 0.717) is 41.7 Å². The Bertz CT molecular complexity index is 1130. The van der Waals surface area contributed by atoms with Crippen molar-refractivity contribution in [3.63, 3.8) is 0 Å². The van der Waals surface area contributed by atoms with Crippen LogP contribution >= 0.6 is 0 Å². The molecule has 1 aromatic heterocycles. The summed E-state index contributed by atoms with van der Waals surface area (Å²) in [7, 11) is 0. The number of likely N-dealkylation sites (N-methyl/N-ethyl adjacent to an activating group) is 1. The maximum absolute atomic E-state index is 15.1. The van der Waals surface area contributed by atoms with Crippen molar-refractivity contribution >= 4 is 23.4 Å². The quantitative estimate of drug-likeness (QED) is 0.440. The van der Waals surface area contributed by atoms with Crippen LogP contribution in [0.1, 0.15) is 74.0 Å². The Morgan fingerprint density at radius 1 is 1.11 bits per heavy atom. The molecule has 8 nitrogen and oxygen atoms in total. The van der Waals surface area contributed by atoms with Crippen molar-refractivity contribution in [3.8, 4) is 0 Å². The summed E-state index contributed by atoms with van der Waals surface area (Å²) in [4.78, 5) is 39.0. The van der Waals surface area contributed by atoms with Crippen molar-refractivity contribution < 1.29 is 18.8 Å². The first-order valence-corrected chi connectivity index (χ1v) is 13.0. The molecule has 0 bridgehead atoms. The summed E-state index contributed by atoms with van der Waals surface area (Å²) in [6, 6.07) is 3.74. The van der Waals surface area contributed by atoms with Crippen molar-refractivity contribution in [1.29, 1.82) is 0 Å². The van der Waals surface area contributed by atoms with E-state index in [9.17, 15) is 14.4 Å². The van der Waals surface area contributed by atoms with Gasteiger partial charge in [-0.05, 0) is 100 Å². The Morgan fingerprint density at radius 2 is 1.78 bits per heavy atom. The summed E-state index contributed by atoms with van der Waals surface area (Å²) < 4.78 is 16.7. The molecular formula is C27H36FN5O3.